The molecule has 0 fully saturated rings. The van der Waals surface area contributed by atoms with Crippen molar-refractivity contribution in [3.63, 3.8) is 0 Å². The van der Waals surface area contributed by atoms with Gasteiger partial charge < -0.3 is 30.2 Å². The molecule has 0 saturated carbocycles. The second kappa shape index (κ2) is 11.2. The lowest BCUT2D eigenvalue weighted by Crippen LogP contribution is -2.16. The van der Waals surface area contributed by atoms with Crippen LogP contribution in [0.2, 0.25) is 0 Å². The average Bonchev–Trinajstić information content (AvgIpc) is 3.00. The molecule has 0 atom stereocenters. The molecule has 33 heavy (non-hydrogen) atoms. The van der Waals surface area contributed by atoms with Gasteiger partial charge in [0.15, 0.2) is 23.1 Å². The van der Waals surface area contributed by atoms with E-state index in [1.54, 1.807) is 44.7 Å². The lowest BCUT2D eigenvalue weighted by molar-refractivity contribution is -0.112. The number of benzene rings is 1. The van der Waals surface area contributed by atoms with Crippen LogP contribution < -0.4 is 15.8 Å². The second-order valence-electron chi connectivity index (χ2n) is 7.82. The number of nitrogens with one attached hydrogen (secondary N) is 1. The van der Waals surface area contributed by atoms with Crippen molar-refractivity contribution < 1.29 is 19.0 Å². The Labute approximate surface area is 194 Å². The number of amides is 1. The predicted octanol–water partition coefficient (Wildman–Crippen LogP) is 3.63. The highest BCUT2D eigenvalue weighted by molar-refractivity contribution is 6.04. The Hall–Kier alpha value is -3.78. The smallest absolute Gasteiger partial charge is 0.252 e. The normalized spacial score (nSPS) is 13.4. The third-order valence-corrected chi connectivity index (χ3v) is 4.89. The molecule has 1 aliphatic rings. The molecule has 8 heteroatoms. The van der Waals surface area contributed by atoms with E-state index in [1.807, 2.05) is 38.4 Å². The van der Waals surface area contributed by atoms with Gasteiger partial charge in [-0.25, -0.2) is 4.98 Å². The molecule has 0 bridgehead atoms. The highest BCUT2D eigenvalue weighted by atomic mass is 16.5. The maximum Gasteiger partial charge on any atom is 0.252 e. The first-order valence-electron chi connectivity index (χ1n) is 10.5. The molecule has 3 N–H and O–H groups in total. The SMILES string of the molecule is COC1=C(OC)C=C(C(=O)Nc2cc(COc3cccnc3N)cc(CN(C)C)c2)CC=C1. The molecule has 2 aromatic rings. The maximum absolute atomic E-state index is 13.0. The van der Waals surface area contributed by atoms with E-state index in [2.05, 4.69) is 15.2 Å². The van der Waals surface area contributed by atoms with Crippen molar-refractivity contribution in [1.82, 2.24) is 9.88 Å². The van der Waals surface area contributed by atoms with Gasteiger partial charge in [-0.2, -0.15) is 0 Å². The van der Waals surface area contributed by atoms with Gasteiger partial charge >= 0.3 is 0 Å². The summed E-state index contributed by atoms with van der Waals surface area (Å²) in [5.41, 5.74) is 9.08. The molecule has 8 nitrogen and oxygen atoms in total. The number of ether oxygens (including phenoxy) is 3. The molecule has 1 aromatic heterocycles. The minimum absolute atomic E-state index is 0.211. The Morgan fingerprint density at radius 1 is 1.15 bits per heavy atom. The summed E-state index contributed by atoms with van der Waals surface area (Å²) in [4.78, 5) is 19.2. The van der Waals surface area contributed by atoms with Crippen molar-refractivity contribution in [3.05, 3.63) is 83.0 Å². The number of hydrogen-bond acceptors (Lipinski definition) is 7. The van der Waals surface area contributed by atoms with Crippen LogP contribution in [0.1, 0.15) is 17.5 Å². The van der Waals surface area contributed by atoms with Crippen molar-refractivity contribution >= 4 is 17.4 Å². The molecule has 0 radical (unpaired) electrons. The van der Waals surface area contributed by atoms with Gasteiger partial charge in [0.05, 0.1) is 14.2 Å². The van der Waals surface area contributed by atoms with Crippen LogP contribution in [-0.4, -0.2) is 44.1 Å². The first-order valence-corrected chi connectivity index (χ1v) is 10.5. The molecule has 1 aliphatic carbocycles. The Kier molecular flexibility index (Phi) is 8.10. The summed E-state index contributed by atoms with van der Waals surface area (Å²) in [6, 6.07) is 9.44. The summed E-state index contributed by atoms with van der Waals surface area (Å²) >= 11 is 0. The molecule has 1 aromatic carbocycles. The van der Waals surface area contributed by atoms with Crippen LogP contribution in [0.3, 0.4) is 0 Å². The second-order valence-corrected chi connectivity index (χ2v) is 7.82. The number of aromatic nitrogens is 1. The van der Waals surface area contributed by atoms with Gasteiger partial charge in [0, 0.05) is 24.0 Å². The molecule has 1 heterocycles. The highest BCUT2D eigenvalue weighted by Gasteiger charge is 2.16. The summed E-state index contributed by atoms with van der Waals surface area (Å²) < 4.78 is 16.6. The predicted molar refractivity (Wildman–Crippen MR) is 128 cm³/mol. The number of carbonyl (C=O) groups is 1. The van der Waals surface area contributed by atoms with Gasteiger partial charge in [-0.05, 0) is 68.1 Å². The van der Waals surface area contributed by atoms with Gasteiger partial charge in [0.2, 0.25) is 0 Å². The van der Waals surface area contributed by atoms with Crippen LogP contribution in [-0.2, 0) is 27.4 Å². The number of carbonyl (C=O) groups excluding carboxylic acids is 1. The molecule has 3 rings (SSSR count). The molecule has 1 amide bonds. The monoisotopic (exact) mass is 450 g/mol. The van der Waals surface area contributed by atoms with E-state index in [-0.39, 0.29) is 5.91 Å². The third-order valence-electron chi connectivity index (χ3n) is 4.89. The number of methoxy groups -OCH3 is 2. The van der Waals surface area contributed by atoms with Crippen LogP contribution in [0.5, 0.6) is 5.75 Å². The summed E-state index contributed by atoms with van der Waals surface area (Å²) in [6.07, 6.45) is 7.44. The van der Waals surface area contributed by atoms with Gasteiger partial charge in [0.25, 0.3) is 5.91 Å². The number of anilines is 2. The quantitative estimate of drug-likeness (QED) is 0.602. The minimum Gasteiger partial charge on any atom is -0.493 e. The van der Waals surface area contributed by atoms with Crippen molar-refractivity contribution in [2.24, 2.45) is 0 Å². The third kappa shape index (κ3) is 6.60. The zero-order chi connectivity index (χ0) is 23.8. The summed E-state index contributed by atoms with van der Waals surface area (Å²) in [6.45, 7) is 1.00. The van der Waals surface area contributed by atoms with Crippen LogP contribution in [0, 0.1) is 0 Å². The average molecular weight is 451 g/mol. The molecular weight excluding hydrogens is 420 g/mol. The van der Waals surface area contributed by atoms with E-state index in [1.165, 1.54) is 0 Å². The number of nitrogen functional groups attached to an aromatic ring is 1. The number of rotatable bonds is 9. The van der Waals surface area contributed by atoms with Crippen molar-refractivity contribution in [1.29, 1.82) is 0 Å². The summed E-state index contributed by atoms with van der Waals surface area (Å²) in [5.74, 6) is 1.71. The van der Waals surface area contributed by atoms with Crippen LogP contribution in [0.15, 0.2) is 71.8 Å². The van der Waals surface area contributed by atoms with Gasteiger partial charge in [-0.1, -0.05) is 12.1 Å². The fraction of sp³-hybridized carbons (Fsp3) is 0.280. The zero-order valence-electron chi connectivity index (χ0n) is 19.4. The number of allylic oxidation sites excluding steroid dienone is 3. The molecule has 174 valence electrons. The Balaban J connectivity index is 1.82. The van der Waals surface area contributed by atoms with E-state index < -0.39 is 0 Å². The minimum atomic E-state index is -0.211. The highest BCUT2D eigenvalue weighted by Crippen LogP contribution is 2.24. The Morgan fingerprint density at radius 3 is 2.61 bits per heavy atom. The maximum atomic E-state index is 13.0. The largest absolute Gasteiger partial charge is 0.493 e. The van der Waals surface area contributed by atoms with Gasteiger partial charge in [-0.3, -0.25) is 4.79 Å². The molecular formula is C25H30N4O4. The van der Waals surface area contributed by atoms with Crippen molar-refractivity contribution in [3.8, 4) is 5.75 Å². The fourth-order valence-electron chi connectivity index (χ4n) is 3.42. The van der Waals surface area contributed by atoms with Gasteiger partial charge in [-0.15, -0.1) is 0 Å². The van der Waals surface area contributed by atoms with E-state index in [4.69, 9.17) is 19.9 Å². The van der Waals surface area contributed by atoms with Crippen LogP contribution >= 0.6 is 0 Å². The fourth-order valence-corrected chi connectivity index (χ4v) is 3.42. The Morgan fingerprint density at radius 2 is 1.91 bits per heavy atom. The van der Waals surface area contributed by atoms with Crippen LogP contribution in [0.25, 0.3) is 0 Å². The number of hydrogen-bond donors (Lipinski definition) is 2. The topological polar surface area (TPSA) is 98.9 Å². The number of nitrogens with zero attached hydrogens (tertiary/aromatic N) is 2. The molecule has 0 aliphatic heterocycles. The van der Waals surface area contributed by atoms with Crippen molar-refractivity contribution in [2.45, 2.75) is 19.6 Å². The zero-order valence-corrected chi connectivity index (χ0v) is 19.4. The van der Waals surface area contributed by atoms with E-state index in [0.717, 1.165) is 11.1 Å². The Bertz CT molecular complexity index is 1090. The molecule has 0 spiro atoms. The van der Waals surface area contributed by atoms with E-state index in [0.29, 0.717) is 53.9 Å². The summed E-state index contributed by atoms with van der Waals surface area (Å²) in [5, 5.41) is 3.01. The number of pyridine rings is 1. The first-order chi connectivity index (χ1) is 15.9. The van der Waals surface area contributed by atoms with Crippen LogP contribution in [0.4, 0.5) is 11.5 Å². The number of nitrogens with two attached hydrogens (primary N) is 1. The first kappa shape index (κ1) is 23.9. The van der Waals surface area contributed by atoms with Crippen molar-refractivity contribution in [2.75, 3.05) is 39.4 Å². The lowest BCUT2D eigenvalue weighted by atomic mass is 10.1. The van der Waals surface area contributed by atoms with E-state index >= 15 is 0 Å². The summed E-state index contributed by atoms with van der Waals surface area (Å²) in [7, 11) is 7.10. The molecule has 0 saturated heterocycles. The standard InChI is InChI=1S/C25H30N4O4/c1-29(2)15-17-11-18(16-33-22-9-6-10-27-24(22)26)13-20(12-17)28-25(30)19-7-5-8-21(31-3)23(14-19)32-4/h5-6,8-14H,7,15-16H2,1-4H3,(H2,26,27)(H,28,30). The lowest BCUT2D eigenvalue weighted by Gasteiger charge is -2.15. The van der Waals surface area contributed by atoms with E-state index in [9.17, 15) is 4.79 Å². The van der Waals surface area contributed by atoms with Gasteiger partial charge in [0.1, 0.15) is 6.61 Å². The molecule has 0 unspecified atom stereocenters.